The van der Waals surface area contributed by atoms with Gasteiger partial charge >= 0.3 is 0 Å². The van der Waals surface area contributed by atoms with E-state index < -0.39 is 0 Å². The van der Waals surface area contributed by atoms with Gasteiger partial charge in [0.25, 0.3) is 0 Å². The van der Waals surface area contributed by atoms with E-state index in [1.807, 2.05) is 0 Å². The van der Waals surface area contributed by atoms with E-state index in [1.165, 1.54) is 44.9 Å². The van der Waals surface area contributed by atoms with Gasteiger partial charge in [-0.1, -0.05) is 52.9 Å². The van der Waals surface area contributed by atoms with Crippen LogP contribution >= 0.6 is 0 Å². The quantitative estimate of drug-likeness (QED) is 0.475. The zero-order valence-electron chi connectivity index (χ0n) is 10.3. The van der Waals surface area contributed by atoms with Crippen molar-refractivity contribution in [2.75, 3.05) is 13.2 Å². The van der Waals surface area contributed by atoms with Gasteiger partial charge in [0.1, 0.15) is 0 Å². The fraction of sp³-hybridized carbons (Fsp3) is 1.00. The Hall–Kier alpha value is -0.0400. The van der Waals surface area contributed by atoms with Gasteiger partial charge in [0.05, 0.1) is 0 Å². The maximum atomic E-state index is 5.55. The lowest BCUT2D eigenvalue weighted by Gasteiger charge is -2.06. The normalized spacial score (nSPS) is 11.1. The Labute approximate surface area is 90.2 Å². The highest BCUT2D eigenvalue weighted by molar-refractivity contribution is 4.45. The van der Waals surface area contributed by atoms with Crippen molar-refractivity contribution in [3.63, 3.8) is 0 Å². The fourth-order valence-corrected chi connectivity index (χ4v) is 1.41. The number of ether oxygens (including phenoxy) is 1. The highest BCUT2D eigenvalue weighted by Crippen LogP contribution is 2.05. The smallest absolute Gasteiger partial charge is 0.0468 e. The second-order valence-electron chi connectivity index (χ2n) is 4.56. The Kier molecular flexibility index (Phi) is 11.0. The zero-order chi connectivity index (χ0) is 10.6. The third-order valence-corrected chi connectivity index (χ3v) is 2.48. The third-order valence-electron chi connectivity index (χ3n) is 2.48. The molecule has 0 fully saturated rings. The first-order valence-electron chi connectivity index (χ1n) is 6.35. The molecule has 0 N–H and O–H groups in total. The summed E-state index contributed by atoms with van der Waals surface area (Å²) in [5, 5.41) is 0. The number of rotatable bonds is 10. The summed E-state index contributed by atoms with van der Waals surface area (Å²) in [4.78, 5) is 0. The van der Waals surface area contributed by atoms with Crippen molar-refractivity contribution in [1.82, 2.24) is 0 Å². The summed E-state index contributed by atoms with van der Waals surface area (Å²) >= 11 is 0. The molecule has 0 aliphatic heterocycles. The van der Waals surface area contributed by atoms with E-state index in [0.717, 1.165) is 19.1 Å². The second kappa shape index (κ2) is 11.0. The third kappa shape index (κ3) is 12.0. The Morgan fingerprint density at radius 3 is 2.14 bits per heavy atom. The molecule has 1 heteroatoms. The average Bonchev–Trinajstić information content (AvgIpc) is 2.15. The fourth-order valence-electron chi connectivity index (χ4n) is 1.41. The molecule has 86 valence electrons. The molecule has 0 spiro atoms. The van der Waals surface area contributed by atoms with Gasteiger partial charge in [-0.15, -0.1) is 0 Å². The Morgan fingerprint density at radius 2 is 1.50 bits per heavy atom. The Morgan fingerprint density at radius 1 is 0.857 bits per heavy atom. The van der Waals surface area contributed by atoms with Crippen molar-refractivity contribution < 1.29 is 4.74 Å². The van der Waals surface area contributed by atoms with Gasteiger partial charge in [0.2, 0.25) is 0 Å². The minimum absolute atomic E-state index is 0.777. The van der Waals surface area contributed by atoms with Crippen molar-refractivity contribution in [3.8, 4) is 0 Å². The lowest BCUT2D eigenvalue weighted by Crippen LogP contribution is -2.00. The minimum Gasteiger partial charge on any atom is -0.381 e. The van der Waals surface area contributed by atoms with Gasteiger partial charge in [-0.2, -0.15) is 0 Å². The number of unbranched alkanes of at least 4 members (excludes halogenated alkanes) is 5. The molecule has 0 radical (unpaired) electrons. The molecule has 0 atom stereocenters. The highest BCUT2D eigenvalue weighted by atomic mass is 16.5. The monoisotopic (exact) mass is 200 g/mol. The standard InChI is InChI=1S/C13H28O/c1-4-5-6-7-8-9-11-14-12-10-13(2)3/h13H,4-12H2,1-3H3. The summed E-state index contributed by atoms with van der Waals surface area (Å²) < 4.78 is 5.55. The van der Waals surface area contributed by atoms with Crippen LogP contribution in [0.5, 0.6) is 0 Å². The van der Waals surface area contributed by atoms with Gasteiger partial charge in [0.15, 0.2) is 0 Å². The lowest BCUT2D eigenvalue weighted by molar-refractivity contribution is 0.119. The molecule has 0 aromatic carbocycles. The van der Waals surface area contributed by atoms with E-state index >= 15 is 0 Å². The average molecular weight is 200 g/mol. The topological polar surface area (TPSA) is 9.23 Å². The number of hydrogen-bond donors (Lipinski definition) is 0. The summed E-state index contributed by atoms with van der Waals surface area (Å²) in [5.74, 6) is 0.777. The van der Waals surface area contributed by atoms with Gasteiger partial charge in [-0.3, -0.25) is 0 Å². The predicted octanol–water partition coefficient (Wildman–Crippen LogP) is 4.41. The molecule has 0 rings (SSSR count). The van der Waals surface area contributed by atoms with Gasteiger partial charge < -0.3 is 4.74 Å². The van der Waals surface area contributed by atoms with E-state index in [1.54, 1.807) is 0 Å². The molecule has 0 aromatic heterocycles. The molecule has 0 saturated carbocycles. The number of hydrogen-bond acceptors (Lipinski definition) is 1. The van der Waals surface area contributed by atoms with E-state index in [-0.39, 0.29) is 0 Å². The maximum Gasteiger partial charge on any atom is 0.0468 e. The molecule has 0 aliphatic carbocycles. The molecule has 0 bridgehead atoms. The molecule has 0 aromatic rings. The largest absolute Gasteiger partial charge is 0.381 e. The summed E-state index contributed by atoms with van der Waals surface area (Å²) in [7, 11) is 0. The summed E-state index contributed by atoms with van der Waals surface area (Å²) in [6.45, 7) is 8.67. The van der Waals surface area contributed by atoms with Crippen LogP contribution < -0.4 is 0 Å². The molecule has 0 aliphatic rings. The zero-order valence-corrected chi connectivity index (χ0v) is 10.3. The molecular weight excluding hydrogens is 172 g/mol. The van der Waals surface area contributed by atoms with Crippen molar-refractivity contribution >= 4 is 0 Å². The molecule has 0 amide bonds. The van der Waals surface area contributed by atoms with Crippen molar-refractivity contribution in [1.29, 1.82) is 0 Å². The second-order valence-corrected chi connectivity index (χ2v) is 4.56. The molecular formula is C13H28O. The minimum atomic E-state index is 0.777. The highest BCUT2D eigenvalue weighted by Gasteiger charge is 1.94. The Bertz CT molecular complexity index is 99.4. The first-order chi connectivity index (χ1) is 6.77. The van der Waals surface area contributed by atoms with Crippen molar-refractivity contribution in [3.05, 3.63) is 0 Å². The van der Waals surface area contributed by atoms with Crippen LogP contribution in [0.2, 0.25) is 0 Å². The summed E-state index contributed by atoms with van der Waals surface area (Å²) in [6.07, 6.45) is 9.34. The lowest BCUT2D eigenvalue weighted by atomic mass is 10.1. The molecule has 0 saturated heterocycles. The van der Waals surface area contributed by atoms with Crippen LogP contribution in [0.3, 0.4) is 0 Å². The molecule has 0 heterocycles. The van der Waals surface area contributed by atoms with Crippen LogP contribution in [0.1, 0.15) is 65.7 Å². The van der Waals surface area contributed by atoms with Crippen LogP contribution in [0.25, 0.3) is 0 Å². The van der Waals surface area contributed by atoms with Gasteiger partial charge in [-0.05, 0) is 18.8 Å². The first kappa shape index (κ1) is 14.0. The van der Waals surface area contributed by atoms with Crippen molar-refractivity contribution in [2.24, 2.45) is 5.92 Å². The molecule has 14 heavy (non-hydrogen) atoms. The van der Waals surface area contributed by atoms with Crippen LogP contribution in [0, 0.1) is 5.92 Å². The van der Waals surface area contributed by atoms with Crippen LogP contribution in [0.15, 0.2) is 0 Å². The SMILES string of the molecule is CCCCCCCCOCCC(C)C. The van der Waals surface area contributed by atoms with Crippen LogP contribution in [-0.4, -0.2) is 13.2 Å². The van der Waals surface area contributed by atoms with Crippen LogP contribution in [-0.2, 0) is 4.74 Å². The summed E-state index contributed by atoms with van der Waals surface area (Å²) in [6, 6.07) is 0. The van der Waals surface area contributed by atoms with Gasteiger partial charge in [-0.25, -0.2) is 0 Å². The van der Waals surface area contributed by atoms with Crippen LogP contribution in [0.4, 0.5) is 0 Å². The molecule has 0 unspecified atom stereocenters. The van der Waals surface area contributed by atoms with E-state index in [9.17, 15) is 0 Å². The van der Waals surface area contributed by atoms with Gasteiger partial charge in [0, 0.05) is 13.2 Å². The maximum absolute atomic E-state index is 5.55. The Balaban J connectivity index is 2.85. The summed E-state index contributed by atoms with van der Waals surface area (Å²) in [5.41, 5.74) is 0. The predicted molar refractivity (Wildman–Crippen MR) is 63.7 cm³/mol. The van der Waals surface area contributed by atoms with E-state index in [4.69, 9.17) is 4.74 Å². The first-order valence-corrected chi connectivity index (χ1v) is 6.35. The van der Waals surface area contributed by atoms with E-state index in [2.05, 4.69) is 20.8 Å². The van der Waals surface area contributed by atoms with E-state index in [0.29, 0.717) is 0 Å². The van der Waals surface area contributed by atoms with Crippen molar-refractivity contribution in [2.45, 2.75) is 65.7 Å². The molecule has 1 nitrogen and oxygen atoms in total.